The number of likely N-dealkylation sites (N-methyl/N-ethyl adjacent to an activating group) is 1. The molecule has 0 saturated heterocycles. The summed E-state index contributed by atoms with van der Waals surface area (Å²) in [6, 6.07) is -1.11. The van der Waals surface area contributed by atoms with Gasteiger partial charge in [-0.1, -0.05) is 0 Å². The van der Waals surface area contributed by atoms with Gasteiger partial charge in [0, 0.05) is 13.3 Å². The minimum absolute atomic E-state index is 0.0591. The molecule has 3 N–H and O–H groups in total. The second-order valence-electron chi connectivity index (χ2n) is 3.47. The summed E-state index contributed by atoms with van der Waals surface area (Å²) in [5.74, 6) is -1.67. The molecule has 10 heteroatoms. The molecule has 0 bridgehead atoms. The van der Waals surface area contributed by atoms with Crippen LogP contribution in [-0.2, 0) is 27.9 Å². The van der Waals surface area contributed by atoms with Gasteiger partial charge in [-0.3, -0.25) is 18.6 Å². The molecule has 0 aliphatic carbocycles. The summed E-state index contributed by atoms with van der Waals surface area (Å²) in [5.41, 5.74) is 0. The van der Waals surface area contributed by atoms with Gasteiger partial charge in [0.15, 0.2) is 0 Å². The van der Waals surface area contributed by atoms with Gasteiger partial charge >= 0.3 is 19.8 Å². The Morgan fingerprint density at radius 1 is 1.32 bits per heavy atom. The van der Waals surface area contributed by atoms with Crippen LogP contribution in [0.15, 0.2) is 0 Å². The highest BCUT2D eigenvalue weighted by molar-refractivity contribution is 7.47. The summed E-state index contributed by atoms with van der Waals surface area (Å²) in [6.07, 6.45) is 0.224. The van der Waals surface area contributed by atoms with E-state index >= 15 is 0 Å². The van der Waals surface area contributed by atoms with Crippen molar-refractivity contribution in [3.8, 4) is 0 Å². The maximum absolute atomic E-state index is 11.3. The van der Waals surface area contributed by atoms with Crippen LogP contribution in [0.25, 0.3) is 0 Å². The summed E-state index contributed by atoms with van der Waals surface area (Å²) in [6.45, 7) is 0.635. The SMILES string of the molecule is CNC(COP(=O)(O)OCCCOC(C)=O)C(=O)O. The number of aliphatic carboxylic acids is 1. The molecule has 0 aliphatic heterocycles. The van der Waals surface area contributed by atoms with Gasteiger partial charge in [-0.05, 0) is 7.05 Å². The van der Waals surface area contributed by atoms with Crippen LogP contribution in [0.5, 0.6) is 0 Å². The van der Waals surface area contributed by atoms with Crippen LogP contribution in [0, 0.1) is 0 Å². The van der Waals surface area contributed by atoms with Crippen LogP contribution >= 0.6 is 7.82 Å². The van der Waals surface area contributed by atoms with Gasteiger partial charge in [0.25, 0.3) is 0 Å². The molecule has 0 radical (unpaired) electrons. The minimum Gasteiger partial charge on any atom is -0.480 e. The van der Waals surface area contributed by atoms with E-state index in [0.29, 0.717) is 0 Å². The molecule has 0 rings (SSSR count). The Kier molecular flexibility index (Phi) is 8.53. The fourth-order valence-corrected chi connectivity index (χ4v) is 1.71. The van der Waals surface area contributed by atoms with E-state index in [0.717, 1.165) is 0 Å². The number of carbonyl (C=O) groups is 2. The predicted octanol–water partition coefficient (Wildman–Crippen LogP) is -0.254. The standard InChI is InChI=1S/C9H18NO8P/c1-7(11)16-4-3-5-17-19(14,15)18-6-8(10-2)9(12)13/h8,10H,3-6H2,1-2H3,(H,12,13)(H,14,15). The van der Waals surface area contributed by atoms with Crippen molar-refractivity contribution in [1.82, 2.24) is 5.32 Å². The van der Waals surface area contributed by atoms with E-state index in [-0.39, 0.29) is 19.6 Å². The number of ether oxygens (including phenoxy) is 1. The average Bonchev–Trinajstić information content (AvgIpc) is 2.28. The summed E-state index contributed by atoms with van der Waals surface area (Å²) in [5, 5.41) is 11.1. The maximum atomic E-state index is 11.3. The summed E-state index contributed by atoms with van der Waals surface area (Å²) in [4.78, 5) is 30.3. The van der Waals surface area contributed by atoms with E-state index in [1.54, 1.807) is 0 Å². The number of rotatable bonds is 10. The van der Waals surface area contributed by atoms with Crippen LogP contribution in [-0.4, -0.2) is 54.8 Å². The molecule has 0 heterocycles. The molecule has 0 amide bonds. The van der Waals surface area contributed by atoms with Gasteiger partial charge in [-0.2, -0.15) is 0 Å². The molecule has 0 aromatic carbocycles. The highest BCUT2D eigenvalue weighted by Crippen LogP contribution is 2.43. The molecule has 0 aliphatic rings. The lowest BCUT2D eigenvalue weighted by molar-refractivity contribution is -0.141. The van der Waals surface area contributed by atoms with Crippen LogP contribution in [0.4, 0.5) is 0 Å². The number of hydrogen-bond acceptors (Lipinski definition) is 7. The molecule has 0 aromatic heterocycles. The van der Waals surface area contributed by atoms with Crippen molar-refractivity contribution in [3.05, 3.63) is 0 Å². The summed E-state index contributed by atoms with van der Waals surface area (Å²) >= 11 is 0. The zero-order chi connectivity index (χ0) is 14.9. The molecule has 2 unspecified atom stereocenters. The van der Waals surface area contributed by atoms with Gasteiger partial charge < -0.3 is 20.1 Å². The minimum atomic E-state index is -4.31. The third-order valence-electron chi connectivity index (χ3n) is 1.90. The summed E-state index contributed by atoms with van der Waals surface area (Å²) in [7, 11) is -2.93. The molecular weight excluding hydrogens is 281 g/mol. The second kappa shape index (κ2) is 9.00. The number of nitrogens with one attached hydrogen (secondary N) is 1. The van der Waals surface area contributed by atoms with E-state index in [1.165, 1.54) is 14.0 Å². The van der Waals surface area contributed by atoms with Crippen LogP contribution in [0.2, 0.25) is 0 Å². The lowest BCUT2D eigenvalue weighted by atomic mass is 10.3. The van der Waals surface area contributed by atoms with Crippen LogP contribution in [0.1, 0.15) is 13.3 Å². The van der Waals surface area contributed by atoms with Crippen LogP contribution in [0.3, 0.4) is 0 Å². The fourth-order valence-electron chi connectivity index (χ4n) is 0.939. The first-order valence-electron chi connectivity index (χ1n) is 5.44. The molecule has 0 aromatic rings. The number of carboxylic acid groups (broad SMARTS) is 1. The third kappa shape index (κ3) is 9.57. The molecule has 19 heavy (non-hydrogen) atoms. The molecule has 2 atom stereocenters. The Bertz CT molecular complexity index is 347. The van der Waals surface area contributed by atoms with Crippen molar-refractivity contribution in [2.45, 2.75) is 19.4 Å². The molecule has 0 fully saturated rings. The Morgan fingerprint density at radius 3 is 2.42 bits per heavy atom. The topological polar surface area (TPSA) is 131 Å². The van der Waals surface area contributed by atoms with Crippen molar-refractivity contribution < 1.29 is 37.9 Å². The van der Waals surface area contributed by atoms with E-state index < -0.39 is 32.4 Å². The quantitative estimate of drug-likeness (QED) is 0.283. The second-order valence-corrected chi connectivity index (χ2v) is 4.92. The first kappa shape index (κ1) is 18.0. The lowest BCUT2D eigenvalue weighted by Crippen LogP contribution is -2.37. The molecular formula is C9H18NO8P. The van der Waals surface area contributed by atoms with E-state index in [9.17, 15) is 19.0 Å². The van der Waals surface area contributed by atoms with Gasteiger partial charge in [0.2, 0.25) is 0 Å². The van der Waals surface area contributed by atoms with Crippen molar-refractivity contribution in [2.24, 2.45) is 0 Å². The van der Waals surface area contributed by atoms with E-state index in [4.69, 9.17) is 5.11 Å². The van der Waals surface area contributed by atoms with Gasteiger partial charge in [0.1, 0.15) is 6.04 Å². The largest absolute Gasteiger partial charge is 0.480 e. The van der Waals surface area contributed by atoms with Crippen molar-refractivity contribution >= 4 is 19.8 Å². The number of phosphoric acid groups is 1. The van der Waals surface area contributed by atoms with Crippen molar-refractivity contribution in [2.75, 3.05) is 26.9 Å². The van der Waals surface area contributed by atoms with Crippen molar-refractivity contribution in [1.29, 1.82) is 0 Å². The normalized spacial score (nSPS) is 15.5. The number of carbonyl (C=O) groups excluding carboxylic acids is 1. The Balaban J connectivity index is 3.88. The van der Waals surface area contributed by atoms with Crippen molar-refractivity contribution in [3.63, 3.8) is 0 Å². The lowest BCUT2D eigenvalue weighted by Gasteiger charge is -2.15. The van der Waals surface area contributed by atoms with Gasteiger partial charge in [0.05, 0.1) is 19.8 Å². The third-order valence-corrected chi connectivity index (χ3v) is 2.88. The van der Waals surface area contributed by atoms with Gasteiger partial charge in [-0.25, -0.2) is 4.57 Å². The molecule has 9 nitrogen and oxygen atoms in total. The number of carboxylic acids is 1. The zero-order valence-corrected chi connectivity index (χ0v) is 11.6. The molecule has 0 spiro atoms. The summed E-state index contributed by atoms with van der Waals surface area (Å²) < 4.78 is 25.0. The Hall–Kier alpha value is -0.990. The van der Waals surface area contributed by atoms with Crippen LogP contribution < -0.4 is 5.32 Å². The monoisotopic (exact) mass is 299 g/mol. The fraction of sp³-hybridized carbons (Fsp3) is 0.778. The molecule has 0 saturated carbocycles. The highest BCUT2D eigenvalue weighted by atomic mass is 31.2. The zero-order valence-electron chi connectivity index (χ0n) is 10.7. The van der Waals surface area contributed by atoms with E-state index in [1.807, 2.05) is 0 Å². The number of hydrogen-bond donors (Lipinski definition) is 3. The Morgan fingerprint density at radius 2 is 1.95 bits per heavy atom. The Labute approximate surface area is 110 Å². The van der Waals surface area contributed by atoms with Gasteiger partial charge in [-0.15, -0.1) is 0 Å². The average molecular weight is 299 g/mol. The number of esters is 1. The predicted molar refractivity (Wildman–Crippen MR) is 63.5 cm³/mol. The molecule has 112 valence electrons. The maximum Gasteiger partial charge on any atom is 0.472 e. The smallest absolute Gasteiger partial charge is 0.472 e. The highest BCUT2D eigenvalue weighted by Gasteiger charge is 2.25. The van der Waals surface area contributed by atoms with E-state index in [2.05, 4.69) is 19.1 Å². The first-order chi connectivity index (χ1) is 8.78. The number of phosphoric ester groups is 1. The first-order valence-corrected chi connectivity index (χ1v) is 6.93.